The first-order chi connectivity index (χ1) is 9.96. The molecule has 116 valence electrons. The maximum atomic E-state index is 11.7. The fourth-order valence-electron chi connectivity index (χ4n) is 3.08. The van der Waals surface area contributed by atoms with Crippen LogP contribution in [0, 0.1) is 6.92 Å². The van der Waals surface area contributed by atoms with Crippen LogP contribution in [0.3, 0.4) is 0 Å². The summed E-state index contributed by atoms with van der Waals surface area (Å²) >= 11 is 0. The number of amides is 1. The normalized spacial score (nSPS) is 17.2. The minimum Gasteiger partial charge on any atom is -0.371 e. The molecule has 3 N–H and O–H groups in total. The van der Waals surface area contributed by atoms with Crippen molar-refractivity contribution in [3.05, 3.63) is 29.3 Å². The summed E-state index contributed by atoms with van der Waals surface area (Å²) in [5, 5.41) is 3.23. The average Bonchev–Trinajstić information content (AvgIpc) is 2.44. The van der Waals surface area contributed by atoms with Crippen molar-refractivity contribution in [2.75, 3.05) is 24.5 Å². The molecular weight excluding hydrogens is 262 g/mol. The predicted octanol–water partition coefficient (Wildman–Crippen LogP) is 1.99. The van der Waals surface area contributed by atoms with Gasteiger partial charge >= 0.3 is 0 Å². The number of nitrogens with zero attached hydrogens (tertiary/aromatic N) is 1. The summed E-state index contributed by atoms with van der Waals surface area (Å²) in [6.45, 7) is 8.68. The van der Waals surface area contributed by atoms with Crippen molar-refractivity contribution < 1.29 is 4.79 Å². The molecule has 0 saturated heterocycles. The number of fused-ring (bicyclic) bond motifs is 1. The summed E-state index contributed by atoms with van der Waals surface area (Å²) in [6, 6.07) is 6.65. The standard InChI is InChI=1S/C17H27N3O/c1-4-19-17(3,16(18)21)9-11-20-10-5-6-14-12-13(2)7-8-15(14)20/h7-8,12,19H,4-6,9-11H2,1-3H3,(H2,18,21). The van der Waals surface area contributed by atoms with Gasteiger partial charge in [-0.05, 0) is 51.3 Å². The molecule has 0 bridgehead atoms. The Kier molecular flexibility index (Phi) is 4.88. The third-order valence-corrected chi connectivity index (χ3v) is 4.44. The number of aryl methyl sites for hydroxylation is 2. The van der Waals surface area contributed by atoms with Crippen molar-refractivity contribution in [3.63, 3.8) is 0 Å². The predicted molar refractivity (Wildman–Crippen MR) is 87.6 cm³/mol. The number of nitrogens with one attached hydrogen (secondary N) is 1. The molecule has 1 heterocycles. The maximum Gasteiger partial charge on any atom is 0.237 e. The van der Waals surface area contributed by atoms with Gasteiger partial charge in [-0.2, -0.15) is 0 Å². The van der Waals surface area contributed by atoms with Gasteiger partial charge in [-0.25, -0.2) is 0 Å². The second kappa shape index (κ2) is 6.48. The molecule has 21 heavy (non-hydrogen) atoms. The minimum absolute atomic E-state index is 0.273. The Morgan fingerprint density at radius 3 is 2.90 bits per heavy atom. The van der Waals surface area contributed by atoms with Crippen molar-refractivity contribution in [2.45, 2.75) is 45.6 Å². The molecule has 0 saturated carbocycles. The van der Waals surface area contributed by atoms with Crippen molar-refractivity contribution in [3.8, 4) is 0 Å². The van der Waals surface area contributed by atoms with E-state index >= 15 is 0 Å². The molecule has 4 heteroatoms. The van der Waals surface area contributed by atoms with Crippen LogP contribution >= 0.6 is 0 Å². The molecule has 1 aliphatic heterocycles. The third-order valence-electron chi connectivity index (χ3n) is 4.44. The Morgan fingerprint density at radius 2 is 2.24 bits per heavy atom. The summed E-state index contributed by atoms with van der Waals surface area (Å²) in [5.74, 6) is -0.273. The molecule has 1 aromatic rings. The third kappa shape index (κ3) is 3.56. The lowest BCUT2D eigenvalue weighted by Gasteiger charge is -2.35. The molecule has 0 fully saturated rings. The molecule has 4 nitrogen and oxygen atoms in total. The van der Waals surface area contributed by atoms with Crippen LogP contribution in [0.25, 0.3) is 0 Å². The van der Waals surface area contributed by atoms with E-state index < -0.39 is 5.54 Å². The lowest BCUT2D eigenvalue weighted by molar-refractivity contribution is -0.124. The minimum atomic E-state index is -0.628. The van der Waals surface area contributed by atoms with E-state index in [1.165, 1.54) is 23.2 Å². The van der Waals surface area contributed by atoms with Gasteiger partial charge in [0.15, 0.2) is 0 Å². The van der Waals surface area contributed by atoms with Crippen LogP contribution in [0.2, 0.25) is 0 Å². The highest BCUT2D eigenvalue weighted by Crippen LogP contribution is 2.28. The van der Waals surface area contributed by atoms with Crippen molar-refractivity contribution in [2.24, 2.45) is 5.73 Å². The second-order valence-corrected chi connectivity index (χ2v) is 6.20. The van der Waals surface area contributed by atoms with Crippen molar-refractivity contribution >= 4 is 11.6 Å². The highest BCUT2D eigenvalue weighted by atomic mass is 16.1. The van der Waals surface area contributed by atoms with Crippen LogP contribution in [0.1, 0.15) is 37.8 Å². The lowest BCUT2D eigenvalue weighted by atomic mass is 9.94. The van der Waals surface area contributed by atoms with E-state index in [0.717, 1.165) is 32.5 Å². The van der Waals surface area contributed by atoms with E-state index in [4.69, 9.17) is 5.73 Å². The summed E-state index contributed by atoms with van der Waals surface area (Å²) in [6.07, 6.45) is 3.04. The number of nitrogens with two attached hydrogens (primary N) is 1. The number of hydrogen-bond donors (Lipinski definition) is 2. The van der Waals surface area contributed by atoms with Gasteiger partial charge in [0.05, 0.1) is 5.54 Å². The van der Waals surface area contributed by atoms with Gasteiger partial charge in [-0.3, -0.25) is 4.79 Å². The van der Waals surface area contributed by atoms with Gasteiger partial charge in [0.25, 0.3) is 0 Å². The van der Waals surface area contributed by atoms with Crippen molar-refractivity contribution in [1.29, 1.82) is 0 Å². The number of benzene rings is 1. The summed E-state index contributed by atoms with van der Waals surface area (Å²) in [7, 11) is 0. The smallest absolute Gasteiger partial charge is 0.237 e. The van der Waals surface area contributed by atoms with Crippen LogP contribution in [0.5, 0.6) is 0 Å². The van der Waals surface area contributed by atoms with E-state index in [2.05, 4.69) is 35.3 Å². The molecule has 1 unspecified atom stereocenters. The fraction of sp³-hybridized carbons (Fsp3) is 0.588. The zero-order chi connectivity index (χ0) is 15.5. The molecule has 0 spiro atoms. The molecule has 1 atom stereocenters. The quantitative estimate of drug-likeness (QED) is 0.842. The summed E-state index contributed by atoms with van der Waals surface area (Å²) in [4.78, 5) is 14.1. The second-order valence-electron chi connectivity index (χ2n) is 6.20. The van der Waals surface area contributed by atoms with Gasteiger partial charge in [-0.1, -0.05) is 24.6 Å². The first-order valence-corrected chi connectivity index (χ1v) is 7.85. The number of carbonyl (C=O) groups is 1. The molecule has 0 aliphatic carbocycles. The monoisotopic (exact) mass is 289 g/mol. The number of likely N-dealkylation sites (N-methyl/N-ethyl adjacent to an activating group) is 1. The van der Waals surface area contributed by atoms with E-state index in [0.29, 0.717) is 0 Å². The number of primary amides is 1. The average molecular weight is 289 g/mol. The fourth-order valence-corrected chi connectivity index (χ4v) is 3.08. The molecule has 1 aromatic carbocycles. The van der Waals surface area contributed by atoms with Gasteiger partial charge in [-0.15, -0.1) is 0 Å². The van der Waals surface area contributed by atoms with Crippen LogP contribution in [0.15, 0.2) is 18.2 Å². The van der Waals surface area contributed by atoms with E-state index in [1.54, 1.807) is 0 Å². The van der Waals surface area contributed by atoms with Gasteiger partial charge in [0.1, 0.15) is 0 Å². The molecule has 2 rings (SSSR count). The first-order valence-electron chi connectivity index (χ1n) is 7.85. The molecule has 0 aromatic heterocycles. The Morgan fingerprint density at radius 1 is 1.48 bits per heavy atom. The van der Waals surface area contributed by atoms with E-state index in [9.17, 15) is 4.79 Å². The van der Waals surface area contributed by atoms with Gasteiger partial charge in [0, 0.05) is 18.8 Å². The van der Waals surface area contributed by atoms with Crippen LogP contribution in [-0.4, -0.2) is 31.1 Å². The number of carbonyl (C=O) groups excluding carboxylic acids is 1. The number of hydrogen-bond acceptors (Lipinski definition) is 3. The maximum absolute atomic E-state index is 11.7. The van der Waals surface area contributed by atoms with Gasteiger partial charge in [0.2, 0.25) is 5.91 Å². The topological polar surface area (TPSA) is 58.4 Å². The largest absolute Gasteiger partial charge is 0.371 e. The highest BCUT2D eigenvalue weighted by molar-refractivity contribution is 5.84. The first kappa shape index (κ1) is 15.8. The molecular formula is C17H27N3O. The Balaban J connectivity index is 2.09. The number of rotatable bonds is 6. The SMILES string of the molecule is CCNC(C)(CCN1CCCc2cc(C)ccc21)C(N)=O. The molecule has 0 radical (unpaired) electrons. The Labute approximate surface area is 127 Å². The number of anilines is 1. The lowest BCUT2D eigenvalue weighted by Crippen LogP contribution is -2.54. The summed E-state index contributed by atoms with van der Waals surface area (Å²) < 4.78 is 0. The van der Waals surface area contributed by atoms with Crippen LogP contribution in [0.4, 0.5) is 5.69 Å². The van der Waals surface area contributed by atoms with Gasteiger partial charge < -0.3 is 16.0 Å². The van der Waals surface area contributed by atoms with Crippen LogP contribution in [-0.2, 0) is 11.2 Å². The van der Waals surface area contributed by atoms with E-state index in [-0.39, 0.29) is 5.91 Å². The Hall–Kier alpha value is -1.55. The summed E-state index contributed by atoms with van der Waals surface area (Å²) in [5.41, 5.74) is 8.99. The van der Waals surface area contributed by atoms with Crippen molar-refractivity contribution in [1.82, 2.24) is 5.32 Å². The zero-order valence-electron chi connectivity index (χ0n) is 13.4. The molecule has 1 aliphatic rings. The highest BCUT2D eigenvalue weighted by Gasteiger charge is 2.30. The Bertz CT molecular complexity index is 515. The molecule has 1 amide bonds. The zero-order valence-corrected chi connectivity index (χ0v) is 13.4. The van der Waals surface area contributed by atoms with E-state index in [1.807, 2.05) is 13.8 Å². The van der Waals surface area contributed by atoms with Crippen LogP contribution < -0.4 is 16.0 Å².